The molecule has 0 saturated carbocycles. The number of benzene rings is 1. The minimum Gasteiger partial charge on any atom is -0.267 e. The van der Waals surface area contributed by atoms with Crippen molar-refractivity contribution in [2.24, 2.45) is 0 Å². The van der Waals surface area contributed by atoms with Gasteiger partial charge in [0.2, 0.25) is 0 Å². The molecule has 3 heterocycles. The SMILES string of the molecule is CC#CCn1nnc2cc3c(=O)n([C@H](C)Cn4ncnn4)nnc3cc2c1=O. The first kappa shape index (κ1) is 17.4. The van der Waals surface area contributed by atoms with Crippen molar-refractivity contribution in [2.45, 2.75) is 33.0 Å². The maximum Gasteiger partial charge on any atom is 0.278 e. The highest BCUT2D eigenvalue weighted by Gasteiger charge is 2.15. The van der Waals surface area contributed by atoms with Gasteiger partial charge in [-0.05, 0) is 31.2 Å². The normalized spacial score (nSPS) is 12.1. The molecule has 28 heavy (non-hydrogen) atoms. The van der Waals surface area contributed by atoms with E-state index in [1.54, 1.807) is 13.8 Å². The van der Waals surface area contributed by atoms with Crippen LogP contribution in [0.5, 0.6) is 0 Å². The van der Waals surface area contributed by atoms with E-state index in [-0.39, 0.29) is 23.7 Å². The minimum atomic E-state index is -0.360. The summed E-state index contributed by atoms with van der Waals surface area (Å²) in [5.74, 6) is 5.47. The van der Waals surface area contributed by atoms with Gasteiger partial charge in [0.05, 0.1) is 23.4 Å². The van der Waals surface area contributed by atoms with Gasteiger partial charge in [0.15, 0.2) is 6.33 Å². The maximum atomic E-state index is 12.9. The Morgan fingerprint density at radius 2 is 1.75 bits per heavy atom. The summed E-state index contributed by atoms with van der Waals surface area (Å²) in [6.45, 7) is 3.90. The summed E-state index contributed by atoms with van der Waals surface area (Å²) in [6, 6.07) is 2.64. The van der Waals surface area contributed by atoms with Gasteiger partial charge >= 0.3 is 0 Å². The molecule has 0 aliphatic rings. The van der Waals surface area contributed by atoms with E-state index in [1.165, 1.54) is 27.9 Å². The van der Waals surface area contributed by atoms with Gasteiger partial charge in [-0.15, -0.1) is 26.3 Å². The highest BCUT2D eigenvalue weighted by molar-refractivity contribution is 5.93. The summed E-state index contributed by atoms with van der Waals surface area (Å²) in [5, 5.41) is 27.9. The second-order valence-electron chi connectivity index (χ2n) is 6.04. The molecule has 0 saturated heterocycles. The van der Waals surface area contributed by atoms with Crippen LogP contribution in [0.4, 0.5) is 0 Å². The minimum absolute atomic E-state index is 0.136. The molecule has 12 nitrogen and oxygen atoms in total. The Kier molecular flexibility index (Phi) is 4.32. The lowest BCUT2D eigenvalue weighted by Crippen LogP contribution is -2.30. The molecule has 4 aromatic rings. The third-order valence-corrected chi connectivity index (χ3v) is 4.17. The predicted octanol–water partition coefficient (Wildman–Crippen LogP) is -0.833. The lowest BCUT2D eigenvalue weighted by Gasteiger charge is -2.12. The van der Waals surface area contributed by atoms with Crippen molar-refractivity contribution in [2.75, 3.05) is 0 Å². The Labute approximate surface area is 156 Å². The molecule has 0 bridgehead atoms. The zero-order valence-corrected chi connectivity index (χ0v) is 15.0. The molecule has 1 atom stereocenters. The van der Waals surface area contributed by atoms with Crippen LogP contribution in [-0.4, -0.2) is 50.2 Å². The van der Waals surface area contributed by atoms with Crippen molar-refractivity contribution < 1.29 is 0 Å². The van der Waals surface area contributed by atoms with Crippen LogP contribution in [0.2, 0.25) is 0 Å². The van der Waals surface area contributed by atoms with E-state index < -0.39 is 0 Å². The molecule has 1 aromatic carbocycles. The predicted molar refractivity (Wildman–Crippen MR) is 97.1 cm³/mol. The second kappa shape index (κ2) is 6.95. The lowest BCUT2D eigenvalue weighted by molar-refractivity contribution is 0.354. The Morgan fingerprint density at radius 3 is 2.43 bits per heavy atom. The lowest BCUT2D eigenvalue weighted by atomic mass is 10.2. The molecule has 0 fully saturated rings. The molecule has 0 spiro atoms. The Morgan fingerprint density at radius 1 is 1.04 bits per heavy atom. The first-order valence-electron chi connectivity index (χ1n) is 8.35. The van der Waals surface area contributed by atoms with E-state index in [2.05, 4.69) is 47.9 Å². The number of fused-ring (bicyclic) bond motifs is 2. The van der Waals surface area contributed by atoms with Crippen molar-refractivity contribution in [3.8, 4) is 11.8 Å². The van der Waals surface area contributed by atoms with E-state index in [1.807, 2.05) is 0 Å². The van der Waals surface area contributed by atoms with Crippen molar-refractivity contribution in [1.82, 2.24) is 50.2 Å². The number of rotatable bonds is 4. The summed E-state index contributed by atoms with van der Waals surface area (Å²) in [6.07, 6.45) is 1.31. The van der Waals surface area contributed by atoms with E-state index in [4.69, 9.17) is 0 Å². The zero-order valence-electron chi connectivity index (χ0n) is 15.0. The molecular formula is C16H14N10O2. The molecule has 3 aromatic heterocycles. The van der Waals surface area contributed by atoms with Gasteiger partial charge in [0.1, 0.15) is 17.6 Å². The summed E-state index contributed by atoms with van der Waals surface area (Å²) in [7, 11) is 0. The Hall–Kier alpha value is -4.01. The fourth-order valence-corrected chi connectivity index (χ4v) is 2.76. The van der Waals surface area contributed by atoms with Gasteiger partial charge in [-0.3, -0.25) is 9.59 Å². The van der Waals surface area contributed by atoms with Gasteiger partial charge in [-0.1, -0.05) is 16.3 Å². The molecule has 0 aliphatic carbocycles. The molecule has 0 amide bonds. The van der Waals surface area contributed by atoms with E-state index in [0.29, 0.717) is 28.4 Å². The number of tetrazole rings is 1. The standard InChI is InChI=1S/C16H14N10O2/c1-3-4-5-24-15(27)11-6-14-12(7-13(11)19-22-24)16(28)26(23-20-14)10(2)8-25-18-9-17-21-25/h6-7,9-10H,5,8H2,1-2H3/t10-/m1/s1. The fourth-order valence-electron chi connectivity index (χ4n) is 2.76. The quantitative estimate of drug-likeness (QED) is 0.329. The maximum absolute atomic E-state index is 12.9. The third kappa shape index (κ3) is 2.98. The van der Waals surface area contributed by atoms with Gasteiger partial charge in [-0.2, -0.15) is 9.48 Å². The van der Waals surface area contributed by atoms with Crippen LogP contribution in [0.1, 0.15) is 19.9 Å². The molecule has 0 unspecified atom stereocenters. The largest absolute Gasteiger partial charge is 0.278 e. The number of nitrogens with zero attached hydrogens (tertiary/aromatic N) is 10. The molecule has 0 radical (unpaired) electrons. The van der Waals surface area contributed by atoms with Crippen LogP contribution in [-0.2, 0) is 13.1 Å². The molecule has 0 aliphatic heterocycles. The third-order valence-electron chi connectivity index (χ3n) is 4.17. The van der Waals surface area contributed by atoms with Gasteiger partial charge in [0, 0.05) is 0 Å². The molecule has 0 N–H and O–H groups in total. The highest BCUT2D eigenvalue weighted by Crippen LogP contribution is 2.14. The fraction of sp³-hybridized carbons (Fsp3) is 0.312. The number of hydrogen-bond donors (Lipinski definition) is 0. The first-order valence-corrected chi connectivity index (χ1v) is 8.35. The van der Waals surface area contributed by atoms with E-state index in [9.17, 15) is 9.59 Å². The average Bonchev–Trinajstić information content (AvgIpc) is 3.20. The van der Waals surface area contributed by atoms with Crippen LogP contribution in [0.25, 0.3) is 21.8 Å². The molecular weight excluding hydrogens is 364 g/mol. The van der Waals surface area contributed by atoms with Crippen LogP contribution in [0.3, 0.4) is 0 Å². The summed E-state index contributed by atoms with van der Waals surface area (Å²) < 4.78 is 2.40. The summed E-state index contributed by atoms with van der Waals surface area (Å²) in [5.41, 5.74) is -0.105. The summed E-state index contributed by atoms with van der Waals surface area (Å²) in [4.78, 5) is 26.8. The Bertz CT molecular complexity index is 1340. The van der Waals surface area contributed by atoms with Crippen molar-refractivity contribution in [3.05, 3.63) is 39.2 Å². The van der Waals surface area contributed by atoms with Gasteiger partial charge in [-0.25, -0.2) is 4.68 Å². The topological polar surface area (TPSA) is 139 Å². The summed E-state index contributed by atoms with van der Waals surface area (Å²) >= 11 is 0. The average molecular weight is 378 g/mol. The van der Waals surface area contributed by atoms with Crippen LogP contribution >= 0.6 is 0 Å². The van der Waals surface area contributed by atoms with Crippen LogP contribution in [0, 0.1) is 11.8 Å². The van der Waals surface area contributed by atoms with Gasteiger partial charge in [0.25, 0.3) is 11.1 Å². The van der Waals surface area contributed by atoms with E-state index >= 15 is 0 Å². The zero-order chi connectivity index (χ0) is 19.7. The van der Waals surface area contributed by atoms with Gasteiger partial charge < -0.3 is 0 Å². The first-order chi connectivity index (χ1) is 13.6. The van der Waals surface area contributed by atoms with Crippen molar-refractivity contribution in [3.63, 3.8) is 0 Å². The number of hydrogen-bond acceptors (Lipinski definition) is 9. The van der Waals surface area contributed by atoms with Crippen molar-refractivity contribution in [1.29, 1.82) is 0 Å². The molecule has 140 valence electrons. The smallest absolute Gasteiger partial charge is 0.267 e. The van der Waals surface area contributed by atoms with Crippen LogP contribution in [0.15, 0.2) is 28.0 Å². The van der Waals surface area contributed by atoms with E-state index in [0.717, 1.165) is 4.68 Å². The van der Waals surface area contributed by atoms with Crippen molar-refractivity contribution >= 4 is 21.8 Å². The Balaban J connectivity index is 1.82. The number of aromatic nitrogens is 10. The molecule has 12 heteroatoms. The monoisotopic (exact) mass is 378 g/mol. The highest BCUT2D eigenvalue weighted by atomic mass is 16.1. The second-order valence-corrected chi connectivity index (χ2v) is 6.04. The molecule has 4 rings (SSSR count). The van der Waals surface area contributed by atoms with Crippen LogP contribution < -0.4 is 11.1 Å².